The van der Waals surface area contributed by atoms with Gasteiger partial charge in [-0.25, -0.2) is 4.98 Å². The molecule has 4 bridgehead atoms. The first-order chi connectivity index (χ1) is 13.6. The van der Waals surface area contributed by atoms with E-state index in [1.54, 1.807) is 18.6 Å². The zero-order valence-electron chi connectivity index (χ0n) is 16.4. The molecule has 1 aromatic rings. The fourth-order valence-corrected chi connectivity index (χ4v) is 7.32. The van der Waals surface area contributed by atoms with Gasteiger partial charge < -0.3 is 14.4 Å². The molecule has 1 unspecified atom stereocenters. The molecule has 6 fully saturated rings. The van der Waals surface area contributed by atoms with Crippen LogP contribution < -0.4 is 4.74 Å². The van der Waals surface area contributed by atoms with Gasteiger partial charge in [0.25, 0.3) is 0 Å². The molecule has 150 valence electrons. The molecule has 4 saturated carbocycles. The molecule has 2 aliphatic heterocycles. The van der Waals surface area contributed by atoms with Crippen molar-refractivity contribution >= 4 is 5.91 Å². The van der Waals surface area contributed by atoms with Gasteiger partial charge in [0.15, 0.2) is 0 Å². The Hall–Kier alpha value is -1.69. The molecule has 1 aromatic heterocycles. The molecule has 3 heterocycles. The van der Waals surface area contributed by atoms with Crippen LogP contribution in [-0.2, 0) is 9.53 Å². The van der Waals surface area contributed by atoms with E-state index in [4.69, 9.17) is 9.47 Å². The number of aromatic nitrogens is 2. The summed E-state index contributed by atoms with van der Waals surface area (Å²) in [6.45, 7) is 2.14. The Labute approximate surface area is 166 Å². The van der Waals surface area contributed by atoms with Gasteiger partial charge in [-0.1, -0.05) is 0 Å². The number of carbonyl (C=O) groups excluding carboxylic acids is 1. The number of nitrogens with zero attached hydrogens (tertiary/aromatic N) is 3. The van der Waals surface area contributed by atoms with Crippen LogP contribution in [-0.4, -0.2) is 52.2 Å². The van der Waals surface area contributed by atoms with E-state index in [0.29, 0.717) is 18.4 Å². The summed E-state index contributed by atoms with van der Waals surface area (Å²) >= 11 is 0. The minimum atomic E-state index is -0.219. The second kappa shape index (κ2) is 6.15. The van der Waals surface area contributed by atoms with E-state index in [9.17, 15) is 4.79 Å². The van der Waals surface area contributed by atoms with Gasteiger partial charge in [-0.3, -0.25) is 9.78 Å². The lowest BCUT2D eigenvalue weighted by molar-refractivity contribution is -0.205. The van der Waals surface area contributed by atoms with Crippen molar-refractivity contribution in [1.29, 1.82) is 0 Å². The second-order valence-corrected chi connectivity index (χ2v) is 10.2. The van der Waals surface area contributed by atoms with Gasteiger partial charge in [0.1, 0.15) is 11.7 Å². The molecule has 1 atom stereocenters. The minimum Gasteiger partial charge on any atom is -0.473 e. The van der Waals surface area contributed by atoms with Crippen LogP contribution in [0.3, 0.4) is 0 Å². The highest BCUT2D eigenvalue weighted by molar-refractivity contribution is 5.84. The SMILES string of the molecule is O=C(N1CC2(CC(Oc3cnccn3)CCO2)C1)C12CC3CC(CC(C3)C1)C2. The fraction of sp³-hybridized carbons (Fsp3) is 0.773. The van der Waals surface area contributed by atoms with Gasteiger partial charge in [-0.2, -0.15) is 0 Å². The first-order valence-corrected chi connectivity index (χ1v) is 11.0. The molecule has 6 nitrogen and oxygen atoms in total. The Morgan fingerprint density at radius 1 is 1.07 bits per heavy atom. The molecular weight excluding hydrogens is 354 g/mol. The van der Waals surface area contributed by atoms with Crippen LogP contribution in [0.5, 0.6) is 5.88 Å². The lowest BCUT2D eigenvalue weighted by Gasteiger charge is -2.60. The van der Waals surface area contributed by atoms with Crippen LogP contribution in [0.1, 0.15) is 51.4 Å². The lowest BCUT2D eigenvalue weighted by Crippen LogP contribution is -2.70. The molecule has 4 aliphatic carbocycles. The molecule has 0 N–H and O–H groups in total. The first-order valence-electron chi connectivity index (χ1n) is 11.0. The average molecular weight is 383 g/mol. The summed E-state index contributed by atoms with van der Waals surface area (Å²) < 4.78 is 12.2. The van der Waals surface area contributed by atoms with Crippen LogP contribution in [0.4, 0.5) is 0 Å². The molecule has 7 rings (SSSR count). The van der Waals surface area contributed by atoms with Crippen LogP contribution in [0, 0.1) is 23.2 Å². The lowest BCUT2D eigenvalue weighted by atomic mass is 9.49. The Morgan fingerprint density at radius 3 is 2.43 bits per heavy atom. The van der Waals surface area contributed by atoms with Crippen molar-refractivity contribution in [3.05, 3.63) is 18.6 Å². The van der Waals surface area contributed by atoms with E-state index < -0.39 is 0 Å². The Morgan fingerprint density at radius 2 is 1.79 bits per heavy atom. The van der Waals surface area contributed by atoms with E-state index in [2.05, 4.69) is 14.9 Å². The molecule has 6 heteroatoms. The summed E-state index contributed by atoms with van der Waals surface area (Å²) in [7, 11) is 0. The summed E-state index contributed by atoms with van der Waals surface area (Å²) in [6, 6.07) is 0. The monoisotopic (exact) mass is 383 g/mol. The van der Waals surface area contributed by atoms with Crippen LogP contribution in [0.2, 0.25) is 0 Å². The fourth-order valence-electron chi connectivity index (χ4n) is 7.32. The normalized spacial score (nSPS) is 40.4. The van der Waals surface area contributed by atoms with Crippen LogP contribution in [0.25, 0.3) is 0 Å². The van der Waals surface area contributed by atoms with E-state index in [-0.39, 0.29) is 17.1 Å². The summed E-state index contributed by atoms with van der Waals surface area (Å²) in [5.41, 5.74) is -0.260. The number of rotatable bonds is 3. The molecule has 0 aromatic carbocycles. The van der Waals surface area contributed by atoms with Crippen LogP contribution >= 0.6 is 0 Å². The zero-order valence-corrected chi connectivity index (χ0v) is 16.4. The number of ether oxygens (including phenoxy) is 2. The quantitative estimate of drug-likeness (QED) is 0.803. The minimum absolute atomic E-state index is 0.0411. The Bertz CT molecular complexity index is 726. The summed E-state index contributed by atoms with van der Waals surface area (Å²) in [5.74, 6) is 3.42. The standard InChI is InChI=1S/C22H29N3O3/c26-20(21-8-15-5-16(9-21)7-17(6-15)10-21)25-13-22(14-25)11-18(1-4-27-22)28-19-12-23-2-3-24-19/h2-3,12,15-18H,1,4-11,13-14H2. The third-order valence-electron chi connectivity index (χ3n) is 8.01. The Balaban J connectivity index is 1.11. The van der Waals surface area contributed by atoms with Crippen molar-refractivity contribution in [1.82, 2.24) is 14.9 Å². The Kier molecular flexibility index (Phi) is 3.78. The average Bonchev–Trinajstić information content (AvgIpc) is 2.65. The molecule has 1 amide bonds. The number of hydrogen-bond donors (Lipinski definition) is 0. The van der Waals surface area contributed by atoms with Gasteiger partial charge in [0, 0.05) is 25.2 Å². The van der Waals surface area contributed by atoms with Gasteiger partial charge >= 0.3 is 0 Å². The summed E-state index contributed by atoms with van der Waals surface area (Å²) in [4.78, 5) is 23.9. The van der Waals surface area contributed by atoms with Gasteiger partial charge in [-0.05, 0) is 56.3 Å². The zero-order chi connectivity index (χ0) is 18.8. The predicted octanol–water partition coefficient (Wildman–Crippen LogP) is 2.83. The van der Waals surface area contributed by atoms with Gasteiger partial charge in [-0.15, -0.1) is 0 Å². The van der Waals surface area contributed by atoms with Gasteiger partial charge in [0.05, 0.1) is 31.3 Å². The summed E-state index contributed by atoms with van der Waals surface area (Å²) in [5, 5.41) is 0. The maximum atomic E-state index is 13.5. The molecule has 0 radical (unpaired) electrons. The van der Waals surface area contributed by atoms with Crippen molar-refractivity contribution in [2.75, 3.05) is 19.7 Å². The highest BCUT2D eigenvalue weighted by atomic mass is 16.5. The first kappa shape index (κ1) is 17.2. The van der Waals surface area contributed by atoms with Crippen LogP contribution in [0.15, 0.2) is 18.6 Å². The largest absolute Gasteiger partial charge is 0.473 e. The van der Waals surface area contributed by atoms with Crippen molar-refractivity contribution in [2.24, 2.45) is 23.2 Å². The predicted molar refractivity (Wildman–Crippen MR) is 102 cm³/mol. The highest BCUT2D eigenvalue weighted by Gasteiger charge is 2.59. The number of likely N-dealkylation sites (tertiary alicyclic amines) is 1. The third kappa shape index (κ3) is 2.75. The number of amides is 1. The van der Waals surface area contributed by atoms with Crippen molar-refractivity contribution in [3.63, 3.8) is 0 Å². The van der Waals surface area contributed by atoms with E-state index in [1.165, 1.54) is 19.3 Å². The smallest absolute Gasteiger partial charge is 0.232 e. The van der Waals surface area contributed by atoms with Crippen molar-refractivity contribution < 1.29 is 14.3 Å². The molecule has 2 saturated heterocycles. The van der Waals surface area contributed by atoms with Crippen molar-refractivity contribution in [3.8, 4) is 5.88 Å². The molecule has 6 aliphatic rings. The van der Waals surface area contributed by atoms with Gasteiger partial charge in [0.2, 0.25) is 11.8 Å². The summed E-state index contributed by atoms with van der Waals surface area (Å²) in [6.07, 6.45) is 14.3. The van der Waals surface area contributed by atoms with Crippen molar-refractivity contribution in [2.45, 2.75) is 63.1 Å². The third-order valence-corrected chi connectivity index (χ3v) is 8.01. The van der Waals surface area contributed by atoms with E-state index in [1.807, 2.05) is 0 Å². The van der Waals surface area contributed by atoms with E-state index >= 15 is 0 Å². The topological polar surface area (TPSA) is 64.6 Å². The molecular formula is C22H29N3O3. The molecule has 28 heavy (non-hydrogen) atoms. The maximum Gasteiger partial charge on any atom is 0.232 e. The number of hydrogen-bond acceptors (Lipinski definition) is 5. The second-order valence-electron chi connectivity index (χ2n) is 10.2. The molecule has 1 spiro atoms. The highest BCUT2D eigenvalue weighted by Crippen LogP contribution is 2.61. The number of carbonyl (C=O) groups is 1. The maximum absolute atomic E-state index is 13.5. The van der Waals surface area contributed by atoms with E-state index in [0.717, 1.165) is 62.9 Å².